The Morgan fingerprint density at radius 1 is 1.40 bits per heavy atom. The van der Waals surface area contributed by atoms with Gasteiger partial charge in [0.05, 0.1) is 12.1 Å². The molecular weight excluding hydrogens is 274 g/mol. The number of nitrogens with one attached hydrogen (secondary N) is 1. The van der Waals surface area contributed by atoms with Gasteiger partial charge in [-0.2, -0.15) is 5.10 Å². The number of benzene rings is 1. The van der Waals surface area contributed by atoms with Crippen LogP contribution in [-0.2, 0) is 6.54 Å². The second-order valence-corrected chi connectivity index (χ2v) is 4.91. The molecule has 0 fully saturated rings. The lowest BCUT2D eigenvalue weighted by atomic mass is 10.1. The zero-order valence-corrected chi connectivity index (χ0v) is 11.9. The van der Waals surface area contributed by atoms with Crippen molar-refractivity contribution in [3.05, 3.63) is 47.3 Å². The summed E-state index contributed by atoms with van der Waals surface area (Å²) in [6, 6.07) is 4.31. The Morgan fingerprint density at radius 3 is 2.70 bits per heavy atom. The molecule has 104 valence electrons. The van der Waals surface area contributed by atoms with Gasteiger partial charge in [-0.25, -0.2) is 0 Å². The quantitative estimate of drug-likeness (QED) is 0.597. The van der Waals surface area contributed by atoms with Crippen LogP contribution in [0, 0.1) is 4.77 Å². The van der Waals surface area contributed by atoms with Crippen LogP contribution < -0.4 is 0 Å². The predicted octanol–water partition coefficient (Wildman–Crippen LogP) is 3.15. The smallest absolute Gasteiger partial charge is 0.195 e. The number of aromatic hydroxyl groups is 2. The van der Waals surface area contributed by atoms with E-state index in [1.165, 1.54) is 12.1 Å². The SMILES string of the molecule is C=C(C)C(=C)Cn1c(-c2ccc(O)cc2O)n[nH]c1=S. The van der Waals surface area contributed by atoms with E-state index in [2.05, 4.69) is 23.4 Å². The molecule has 0 atom stereocenters. The molecule has 0 spiro atoms. The number of phenols is 2. The Labute approximate surface area is 121 Å². The number of nitrogens with zero attached hydrogens (tertiary/aromatic N) is 2. The molecule has 0 radical (unpaired) electrons. The molecule has 0 aliphatic carbocycles. The number of hydrogen-bond donors (Lipinski definition) is 3. The van der Waals surface area contributed by atoms with Crippen molar-refractivity contribution in [3.63, 3.8) is 0 Å². The van der Waals surface area contributed by atoms with Gasteiger partial charge in [-0.05, 0) is 36.8 Å². The summed E-state index contributed by atoms with van der Waals surface area (Å²) in [6.07, 6.45) is 0. The number of hydrogen-bond acceptors (Lipinski definition) is 4. The molecule has 2 rings (SSSR count). The second kappa shape index (κ2) is 5.34. The molecule has 20 heavy (non-hydrogen) atoms. The van der Waals surface area contributed by atoms with E-state index in [1.807, 2.05) is 6.92 Å². The minimum Gasteiger partial charge on any atom is -0.508 e. The van der Waals surface area contributed by atoms with E-state index < -0.39 is 0 Å². The Balaban J connectivity index is 2.51. The lowest BCUT2D eigenvalue weighted by molar-refractivity contribution is 0.451. The number of aromatic amines is 1. The van der Waals surface area contributed by atoms with Gasteiger partial charge in [-0.1, -0.05) is 18.7 Å². The number of allylic oxidation sites excluding steroid dienone is 2. The highest BCUT2D eigenvalue weighted by Gasteiger charge is 2.14. The van der Waals surface area contributed by atoms with Gasteiger partial charge >= 0.3 is 0 Å². The van der Waals surface area contributed by atoms with E-state index in [1.54, 1.807) is 10.6 Å². The first-order valence-electron chi connectivity index (χ1n) is 5.91. The lowest BCUT2D eigenvalue weighted by Crippen LogP contribution is -2.03. The van der Waals surface area contributed by atoms with Gasteiger partial charge in [0, 0.05) is 6.07 Å². The molecule has 1 heterocycles. The molecule has 0 amide bonds. The fourth-order valence-corrected chi connectivity index (χ4v) is 1.90. The Morgan fingerprint density at radius 2 is 2.10 bits per heavy atom. The molecule has 0 bridgehead atoms. The van der Waals surface area contributed by atoms with Crippen molar-refractivity contribution >= 4 is 12.2 Å². The second-order valence-electron chi connectivity index (χ2n) is 4.52. The van der Waals surface area contributed by atoms with E-state index in [4.69, 9.17) is 12.2 Å². The summed E-state index contributed by atoms with van der Waals surface area (Å²) in [4.78, 5) is 0. The minimum absolute atomic E-state index is 0.0155. The number of aromatic nitrogens is 3. The summed E-state index contributed by atoms with van der Waals surface area (Å²) in [6.45, 7) is 10.1. The van der Waals surface area contributed by atoms with Crippen molar-refractivity contribution in [3.8, 4) is 22.9 Å². The van der Waals surface area contributed by atoms with Gasteiger partial charge in [0.25, 0.3) is 0 Å². The molecule has 0 aliphatic rings. The van der Waals surface area contributed by atoms with Crippen LogP contribution in [0.2, 0.25) is 0 Å². The topological polar surface area (TPSA) is 74.1 Å². The zero-order valence-electron chi connectivity index (χ0n) is 11.1. The third kappa shape index (κ3) is 2.65. The van der Waals surface area contributed by atoms with Crippen LogP contribution >= 0.6 is 12.2 Å². The highest BCUT2D eigenvalue weighted by molar-refractivity contribution is 7.71. The van der Waals surface area contributed by atoms with Gasteiger partial charge in [0.15, 0.2) is 10.6 Å². The molecule has 3 N–H and O–H groups in total. The van der Waals surface area contributed by atoms with Crippen LogP contribution in [0.5, 0.6) is 11.5 Å². The van der Waals surface area contributed by atoms with E-state index in [0.29, 0.717) is 22.7 Å². The number of H-pyrrole nitrogens is 1. The van der Waals surface area contributed by atoms with Crippen molar-refractivity contribution in [2.75, 3.05) is 0 Å². The normalized spacial score (nSPS) is 10.4. The maximum Gasteiger partial charge on any atom is 0.195 e. The third-order valence-corrected chi connectivity index (χ3v) is 3.24. The van der Waals surface area contributed by atoms with Crippen LogP contribution in [0.1, 0.15) is 6.92 Å². The van der Waals surface area contributed by atoms with E-state index in [-0.39, 0.29) is 11.5 Å². The first-order valence-corrected chi connectivity index (χ1v) is 6.32. The van der Waals surface area contributed by atoms with Gasteiger partial charge in [-0.3, -0.25) is 9.67 Å². The molecule has 0 saturated heterocycles. The van der Waals surface area contributed by atoms with Gasteiger partial charge in [-0.15, -0.1) is 0 Å². The molecule has 2 aromatic rings. The highest BCUT2D eigenvalue weighted by Crippen LogP contribution is 2.31. The van der Waals surface area contributed by atoms with Crippen LogP contribution in [0.25, 0.3) is 11.4 Å². The summed E-state index contributed by atoms with van der Waals surface area (Å²) in [5.74, 6) is 0.398. The van der Waals surface area contributed by atoms with Gasteiger partial charge in [0.1, 0.15) is 11.5 Å². The summed E-state index contributed by atoms with van der Waals surface area (Å²) in [7, 11) is 0. The fraction of sp³-hybridized carbons (Fsp3) is 0.143. The molecule has 1 aromatic heterocycles. The lowest BCUT2D eigenvalue weighted by Gasteiger charge is -2.10. The largest absolute Gasteiger partial charge is 0.508 e. The van der Waals surface area contributed by atoms with Crippen molar-refractivity contribution in [1.82, 2.24) is 14.8 Å². The summed E-state index contributed by atoms with van der Waals surface area (Å²) < 4.78 is 2.15. The highest BCUT2D eigenvalue weighted by atomic mass is 32.1. The fourth-order valence-electron chi connectivity index (χ4n) is 1.70. The van der Waals surface area contributed by atoms with Crippen LogP contribution in [-0.4, -0.2) is 25.0 Å². The Hall–Kier alpha value is -2.34. The summed E-state index contributed by atoms with van der Waals surface area (Å²) in [5.41, 5.74) is 2.15. The molecule has 1 aromatic carbocycles. The zero-order chi connectivity index (χ0) is 14.9. The van der Waals surface area contributed by atoms with Crippen molar-refractivity contribution in [1.29, 1.82) is 0 Å². The van der Waals surface area contributed by atoms with E-state index >= 15 is 0 Å². The summed E-state index contributed by atoms with van der Waals surface area (Å²) in [5, 5.41) is 26.1. The van der Waals surface area contributed by atoms with Gasteiger partial charge in [0.2, 0.25) is 0 Å². The van der Waals surface area contributed by atoms with Gasteiger partial charge < -0.3 is 10.2 Å². The molecule has 0 saturated carbocycles. The maximum atomic E-state index is 9.92. The predicted molar refractivity (Wildman–Crippen MR) is 80.1 cm³/mol. The maximum absolute atomic E-state index is 9.92. The molecule has 5 nitrogen and oxygen atoms in total. The van der Waals surface area contributed by atoms with Crippen LogP contribution in [0.3, 0.4) is 0 Å². The molecule has 0 aliphatic heterocycles. The Kier molecular flexibility index (Phi) is 3.76. The first-order chi connectivity index (χ1) is 9.40. The third-order valence-electron chi connectivity index (χ3n) is 2.93. The molecular formula is C14H15N3O2S. The average molecular weight is 289 g/mol. The number of rotatable bonds is 4. The standard InChI is InChI=1S/C14H15N3O2S/c1-8(2)9(3)7-17-13(15-16-14(17)20)11-5-4-10(18)6-12(11)19/h4-6,18-19H,1,3,7H2,2H3,(H,16,20). The monoisotopic (exact) mass is 289 g/mol. The molecule has 6 heteroatoms. The minimum atomic E-state index is -0.0683. The van der Waals surface area contributed by atoms with Crippen LogP contribution in [0.15, 0.2) is 42.5 Å². The van der Waals surface area contributed by atoms with Crippen LogP contribution in [0.4, 0.5) is 0 Å². The van der Waals surface area contributed by atoms with Crippen molar-refractivity contribution < 1.29 is 10.2 Å². The summed E-state index contributed by atoms with van der Waals surface area (Å²) >= 11 is 5.19. The Bertz CT molecular complexity index is 743. The van der Waals surface area contributed by atoms with Crippen molar-refractivity contribution in [2.24, 2.45) is 0 Å². The van der Waals surface area contributed by atoms with E-state index in [0.717, 1.165) is 11.1 Å². The number of phenolic OH excluding ortho intramolecular Hbond substituents is 2. The van der Waals surface area contributed by atoms with Crippen molar-refractivity contribution in [2.45, 2.75) is 13.5 Å². The average Bonchev–Trinajstić information content (AvgIpc) is 2.71. The molecule has 0 unspecified atom stereocenters. The first kappa shape index (κ1) is 14.1. The van der Waals surface area contributed by atoms with E-state index in [9.17, 15) is 10.2 Å².